The average molecular weight is 228 g/mol. The summed E-state index contributed by atoms with van der Waals surface area (Å²) in [7, 11) is 1.62. The van der Waals surface area contributed by atoms with Crippen LogP contribution in [0.15, 0.2) is 12.1 Å². The molecule has 1 aromatic heterocycles. The molecule has 0 saturated heterocycles. The molecule has 0 N–H and O–H groups in total. The Morgan fingerprint density at radius 3 is 2.80 bits per heavy atom. The molecule has 0 aliphatic heterocycles. The molecule has 0 aliphatic rings. The molecular weight excluding hydrogens is 212 g/mol. The third-order valence-electron chi connectivity index (χ3n) is 1.92. The van der Waals surface area contributed by atoms with Gasteiger partial charge in [-0.2, -0.15) is 0 Å². The standard InChI is InChI=1S/C11H16O3S/c1-8(6-13-3)14-7-10(12)11-5-4-9(2)15-11/h4-5,8H,6-7H2,1-3H3. The predicted octanol–water partition coefficient (Wildman–Crippen LogP) is 2.29. The first-order chi connectivity index (χ1) is 7.13. The van der Waals surface area contributed by atoms with Gasteiger partial charge in [-0.1, -0.05) is 0 Å². The molecule has 15 heavy (non-hydrogen) atoms. The van der Waals surface area contributed by atoms with Crippen LogP contribution in [0.4, 0.5) is 0 Å². The Kier molecular flexibility index (Phi) is 4.94. The number of aryl methyl sites for hydroxylation is 1. The molecule has 84 valence electrons. The second-order valence-electron chi connectivity index (χ2n) is 3.41. The molecule has 0 saturated carbocycles. The van der Waals surface area contributed by atoms with Crippen LogP contribution in [0.5, 0.6) is 0 Å². The monoisotopic (exact) mass is 228 g/mol. The molecule has 0 fully saturated rings. The van der Waals surface area contributed by atoms with E-state index in [0.717, 1.165) is 9.75 Å². The number of hydrogen-bond acceptors (Lipinski definition) is 4. The number of ketones is 1. The van der Waals surface area contributed by atoms with Gasteiger partial charge in [0.2, 0.25) is 0 Å². The number of methoxy groups -OCH3 is 1. The van der Waals surface area contributed by atoms with Crippen molar-refractivity contribution in [1.82, 2.24) is 0 Å². The average Bonchev–Trinajstić information content (AvgIpc) is 2.62. The largest absolute Gasteiger partial charge is 0.382 e. The van der Waals surface area contributed by atoms with Gasteiger partial charge in [0.05, 0.1) is 17.6 Å². The maximum atomic E-state index is 11.6. The van der Waals surface area contributed by atoms with Crippen LogP contribution in [0, 0.1) is 6.92 Å². The molecule has 3 nitrogen and oxygen atoms in total. The highest BCUT2D eigenvalue weighted by atomic mass is 32.1. The normalized spacial score (nSPS) is 12.7. The lowest BCUT2D eigenvalue weighted by molar-refractivity contribution is 0.0127. The third kappa shape index (κ3) is 4.11. The van der Waals surface area contributed by atoms with Crippen LogP contribution in [0.3, 0.4) is 0 Å². The molecular formula is C11H16O3S. The molecule has 0 bridgehead atoms. The van der Waals surface area contributed by atoms with E-state index in [1.807, 2.05) is 26.0 Å². The first-order valence-corrected chi connectivity index (χ1v) is 5.65. The van der Waals surface area contributed by atoms with Gasteiger partial charge in [-0.25, -0.2) is 0 Å². The van der Waals surface area contributed by atoms with Crippen molar-refractivity contribution >= 4 is 17.1 Å². The number of Topliss-reactive ketones (excluding diaryl/α,β-unsaturated/α-hetero) is 1. The quantitative estimate of drug-likeness (QED) is 0.701. The van der Waals surface area contributed by atoms with E-state index >= 15 is 0 Å². The summed E-state index contributed by atoms with van der Waals surface area (Å²) < 4.78 is 10.3. The SMILES string of the molecule is COCC(C)OCC(=O)c1ccc(C)s1. The van der Waals surface area contributed by atoms with Gasteiger partial charge >= 0.3 is 0 Å². The Morgan fingerprint density at radius 2 is 2.27 bits per heavy atom. The maximum absolute atomic E-state index is 11.6. The van der Waals surface area contributed by atoms with Crippen LogP contribution in [-0.4, -0.2) is 32.2 Å². The fraction of sp³-hybridized carbons (Fsp3) is 0.545. The Labute approximate surface area is 94.0 Å². The van der Waals surface area contributed by atoms with Crippen molar-refractivity contribution in [3.63, 3.8) is 0 Å². The van der Waals surface area contributed by atoms with E-state index in [0.29, 0.717) is 6.61 Å². The summed E-state index contributed by atoms with van der Waals surface area (Å²) in [6, 6.07) is 3.78. The van der Waals surface area contributed by atoms with Crippen LogP contribution in [-0.2, 0) is 9.47 Å². The van der Waals surface area contributed by atoms with E-state index in [4.69, 9.17) is 9.47 Å². The second-order valence-corrected chi connectivity index (χ2v) is 4.70. The van der Waals surface area contributed by atoms with Crippen LogP contribution in [0.2, 0.25) is 0 Å². The van der Waals surface area contributed by atoms with Crippen molar-refractivity contribution in [2.24, 2.45) is 0 Å². The number of carbonyl (C=O) groups is 1. The van der Waals surface area contributed by atoms with E-state index in [1.54, 1.807) is 7.11 Å². The van der Waals surface area contributed by atoms with E-state index in [2.05, 4.69) is 0 Å². The zero-order chi connectivity index (χ0) is 11.3. The Morgan fingerprint density at radius 1 is 1.53 bits per heavy atom. The number of hydrogen-bond donors (Lipinski definition) is 0. The van der Waals surface area contributed by atoms with Crippen LogP contribution in [0.25, 0.3) is 0 Å². The second kappa shape index (κ2) is 6.00. The highest BCUT2D eigenvalue weighted by Crippen LogP contribution is 2.15. The highest BCUT2D eigenvalue weighted by Gasteiger charge is 2.10. The van der Waals surface area contributed by atoms with E-state index in [-0.39, 0.29) is 18.5 Å². The summed E-state index contributed by atoms with van der Waals surface area (Å²) >= 11 is 1.50. The minimum atomic E-state index is -0.0417. The number of rotatable bonds is 6. The summed E-state index contributed by atoms with van der Waals surface area (Å²) in [5.74, 6) is 0.0380. The zero-order valence-electron chi connectivity index (χ0n) is 9.28. The van der Waals surface area contributed by atoms with E-state index < -0.39 is 0 Å². The van der Waals surface area contributed by atoms with Gasteiger partial charge in [0.1, 0.15) is 6.61 Å². The summed E-state index contributed by atoms with van der Waals surface area (Å²) in [6.45, 7) is 4.51. The van der Waals surface area contributed by atoms with Gasteiger partial charge in [-0.3, -0.25) is 4.79 Å². The smallest absolute Gasteiger partial charge is 0.198 e. The van der Waals surface area contributed by atoms with Crippen molar-refractivity contribution in [3.05, 3.63) is 21.9 Å². The van der Waals surface area contributed by atoms with Crippen molar-refractivity contribution in [2.75, 3.05) is 20.3 Å². The third-order valence-corrected chi connectivity index (χ3v) is 2.96. The van der Waals surface area contributed by atoms with Gasteiger partial charge in [0, 0.05) is 12.0 Å². The van der Waals surface area contributed by atoms with Gasteiger partial charge in [0.15, 0.2) is 5.78 Å². The topological polar surface area (TPSA) is 35.5 Å². The summed E-state index contributed by atoms with van der Waals surface area (Å²) in [6.07, 6.45) is -0.0417. The lowest BCUT2D eigenvalue weighted by Gasteiger charge is -2.10. The maximum Gasteiger partial charge on any atom is 0.198 e. The van der Waals surface area contributed by atoms with Gasteiger partial charge in [-0.15, -0.1) is 11.3 Å². The van der Waals surface area contributed by atoms with Crippen LogP contribution >= 0.6 is 11.3 Å². The van der Waals surface area contributed by atoms with Crippen molar-refractivity contribution in [1.29, 1.82) is 0 Å². The fourth-order valence-electron chi connectivity index (χ4n) is 1.16. The first kappa shape index (κ1) is 12.4. The van der Waals surface area contributed by atoms with Gasteiger partial charge in [0.25, 0.3) is 0 Å². The molecule has 1 unspecified atom stereocenters. The highest BCUT2D eigenvalue weighted by molar-refractivity contribution is 7.14. The van der Waals surface area contributed by atoms with Crippen molar-refractivity contribution in [2.45, 2.75) is 20.0 Å². The summed E-state index contributed by atoms with van der Waals surface area (Å²) in [5, 5.41) is 0. The fourth-order valence-corrected chi connectivity index (χ4v) is 1.95. The molecule has 0 spiro atoms. The molecule has 1 heterocycles. The molecule has 0 aliphatic carbocycles. The van der Waals surface area contributed by atoms with Gasteiger partial charge in [-0.05, 0) is 26.0 Å². The van der Waals surface area contributed by atoms with Crippen molar-refractivity contribution < 1.29 is 14.3 Å². The Bertz CT molecular complexity index is 319. The molecule has 1 rings (SSSR count). The van der Waals surface area contributed by atoms with E-state index in [9.17, 15) is 4.79 Å². The Balaban J connectivity index is 2.36. The lowest BCUT2D eigenvalue weighted by Crippen LogP contribution is -2.19. The zero-order valence-corrected chi connectivity index (χ0v) is 10.1. The number of carbonyl (C=O) groups excluding carboxylic acids is 1. The molecule has 1 aromatic rings. The Hall–Kier alpha value is -0.710. The minimum Gasteiger partial charge on any atom is -0.382 e. The summed E-state index contributed by atoms with van der Waals surface area (Å²) in [5.41, 5.74) is 0. The molecule has 0 radical (unpaired) electrons. The summed E-state index contributed by atoms with van der Waals surface area (Å²) in [4.78, 5) is 13.5. The molecule has 1 atom stereocenters. The molecule has 4 heteroatoms. The van der Waals surface area contributed by atoms with E-state index in [1.165, 1.54) is 11.3 Å². The van der Waals surface area contributed by atoms with Gasteiger partial charge < -0.3 is 9.47 Å². The predicted molar refractivity (Wildman–Crippen MR) is 60.7 cm³/mol. The molecule has 0 aromatic carbocycles. The minimum absolute atomic E-state index is 0.0380. The molecule has 0 amide bonds. The van der Waals surface area contributed by atoms with Crippen LogP contribution < -0.4 is 0 Å². The van der Waals surface area contributed by atoms with Crippen LogP contribution in [0.1, 0.15) is 21.5 Å². The van der Waals surface area contributed by atoms with Crippen molar-refractivity contribution in [3.8, 4) is 0 Å². The lowest BCUT2D eigenvalue weighted by atomic mass is 10.3. The first-order valence-electron chi connectivity index (χ1n) is 4.83. The number of thiophene rings is 1. The number of ether oxygens (including phenoxy) is 2.